The van der Waals surface area contributed by atoms with Crippen molar-refractivity contribution in [3.8, 4) is 0 Å². The van der Waals surface area contributed by atoms with Crippen molar-refractivity contribution >= 4 is 34.3 Å². The Kier molecular flexibility index (Phi) is 5.72. The second kappa shape index (κ2) is 8.18. The lowest BCUT2D eigenvalue weighted by Crippen LogP contribution is -2.09. The molecule has 138 valence electrons. The van der Waals surface area contributed by atoms with Crippen molar-refractivity contribution in [3.05, 3.63) is 44.0 Å². The van der Waals surface area contributed by atoms with E-state index < -0.39 is 5.97 Å². The number of carboxylic acid groups (broad SMARTS) is 1. The largest absolute Gasteiger partial charge is 0.481 e. The van der Waals surface area contributed by atoms with Crippen LogP contribution in [0.1, 0.15) is 41.1 Å². The van der Waals surface area contributed by atoms with E-state index in [1.54, 1.807) is 11.3 Å². The SMILES string of the molecule is Nc1nc2[nH]c(CCCc3ccc(CCCCC(=O)O)s3)cc2c(=O)[nH]1. The Morgan fingerprint density at radius 1 is 1.12 bits per heavy atom. The number of hydrogen-bond donors (Lipinski definition) is 4. The van der Waals surface area contributed by atoms with Gasteiger partial charge in [0.15, 0.2) is 0 Å². The number of rotatable bonds is 9. The van der Waals surface area contributed by atoms with E-state index in [1.165, 1.54) is 9.75 Å². The predicted molar refractivity (Wildman–Crippen MR) is 103 cm³/mol. The van der Waals surface area contributed by atoms with Gasteiger partial charge < -0.3 is 15.8 Å². The number of anilines is 1. The number of thiophene rings is 1. The first-order chi connectivity index (χ1) is 12.5. The minimum Gasteiger partial charge on any atom is -0.481 e. The highest BCUT2D eigenvalue weighted by molar-refractivity contribution is 7.11. The van der Waals surface area contributed by atoms with Crippen LogP contribution in [-0.4, -0.2) is 26.0 Å². The number of unbranched alkanes of at least 4 members (excludes halogenated alkanes) is 1. The average molecular weight is 374 g/mol. The maximum atomic E-state index is 11.8. The first-order valence-corrected chi connectivity index (χ1v) is 9.49. The summed E-state index contributed by atoms with van der Waals surface area (Å²) in [6.07, 6.45) is 5.59. The molecular weight excluding hydrogens is 352 g/mol. The molecule has 26 heavy (non-hydrogen) atoms. The number of aromatic amines is 2. The Morgan fingerprint density at radius 2 is 1.85 bits per heavy atom. The zero-order valence-corrected chi connectivity index (χ0v) is 15.2. The van der Waals surface area contributed by atoms with Crippen molar-refractivity contribution in [2.45, 2.75) is 44.9 Å². The molecule has 7 nitrogen and oxygen atoms in total. The molecule has 0 amide bonds. The molecule has 0 aliphatic carbocycles. The molecule has 0 atom stereocenters. The number of aromatic nitrogens is 3. The van der Waals surface area contributed by atoms with Crippen LogP contribution in [0.25, 0.3) is 11.0 Å². The zero-order chi connectivity index (χ0) is 18.5. The number of nitrogen functional groups attached to an aromatic ring is 1. The Balaban J connectivity index is 1.48. The molecule has 3 rings (SSSR count). The van der Waals surface area contributed by atoms with Crippen LogP contribution in [0.5, 0.6) is 0 Å². The Labute approximate surface area is 154 Å². The highest BCUT2D eigenvalue weighted by atomic mass is 32.1. The molecule has 0 spiro atoms. The first-order valence-electron chi connectivity index (χ1n) is 8.68. The van der Waals surface area contributed by atoms with E-state index in [9.17, 15) is 9.59 Å². The topological polar surface area (TPSA) is 125 Å². The van der Waals surface area contributed by atoms with Gasteiger partial charge in [-0.05, 0) is 56.7 Å². The van der Waals surface area contributed by atoms with Crippen molar-refractivity contribution in [1.29, 1.82) is 0 Å². The molecule has 0 bridgehead atoms. The quantitative estimate of drug-likeness (QED) is 0.429. The first kappa shape index (κ1) is 18.2. The van der Waals surface area contributed by atoms with E-state index in [0.717, 1.165) is 44.2 Å². The molecule has 0 aliphatic rings. The number of hydrogen-bond acceptors (Lipinski definition) is 5. The minimum absolute atomic E-state index is 0.116. The molecule has 3 aromatic heterocycles. The van der Waals surface area contributed by atoms with Gasteiger partial charge in [-0.25, -0.2) is 0 Å². The summed E-state index contributed by atoms with van der Waals surface area (Å²) in [4.78, 5) is 34.7. The van der Waals surface area contributed by atoms with Crippen molar-refractivity contribution < 1.29 is 9.90 Å². The molecule has 0 fully saturated rings. The summed E-state index contributed by atoms with van der Waals surface area (Å²) in [5.41, 5.74) is 6.84. The van der Waals surface area contributed by atoms with Crippen LogP contribution in [0.2, 0.25) is 0 Å². The van der Waals surface area contributed by atoms with E-state index in [0.29, 0.717) is 11.0 Å². The second-order valence-electron chi connectivity index (χ2n) is 6.33. The maximum Gasteiger partial charge on any atom is 0.303 e. The standard InChI is InChI=1S/C18H22N4O3S/c19-18-21-16-14(17(25)22-18)10-11(20-16)4-3-6-13-9-8-12(26-13)5-1-2-7-15(23)24/h8-10H,1-7H2,(H,23,24)(H4,19,20,21,22,25). The number of fused-ring (bicyclic) bond motifs is 1. The van der Waals surface area contributed by atoms with Crippen LogP contribution in [0.3, 0.4) is 0 Å². The molecule has 3 aromatic rings. The van der Waals surface area contributed by atoms with E-state index in [1.807, 2.05) is 6.07 Å². The number of nitrogens with one attached hydrogen (secondary N) is 2. The predicted octanol–water partition coefficient (Wildman–Crippen LogP) is 2.87. The van der Waals surface area contributed by atoms with Gasteiger partial charge in [0.2, 0.25) is 5.95 Å². The number of carboxylic acids is 1. The van der Waals surface area contributed by atoms with Crippen molar-refractivity contribution in [2.75, 3.05) is 5.73 Å². The lowest BCUT2D eigenvalue weighted by Gasteiger charge is -1.98. The Morgan fingerprint density at radius 3 is 2.58 bits per heavy atom. The van der Waals surface area contributed by atoms with Crippen LogP contribution >= 0.6 is 11.3 Å². The van der Waals surface area contributed by atoms with E-state index >= 15 is 0 Å². The third kappa shape index (κ3) is 4.72. The summed E-state index contributed by atoms with van der Waals surface area (Å²) in [7, 11) is 0. The Hall–Kier alpha value is -2.61. The average Bonchev–Trinajstić information content (AvgIpc) is 3.18. The number of nitrogens with zero attached hydrogens (tertiary/aromatic N) is 1. The van der Waals surface area contributed by atoms with Gasteiger partial charge in [0.25, 0.3) is 5.56 Å². The molecule has 0 aromatic carbocycles. The van der Waals surface area contributed by atoms with Gasteiger partial charge in [0.05, 0.1) is 5.39 Å². The summed E-state index contributed by atoms with van der Waals surface area (Å²) < 4.78 is 0. The number of carbonyl (C=O) groups is 1. The summed E-state index contributed by atoms with van der Waals surface area (Å²) >= 11 is 1.79. The molecule has 0 aliphatic heterocycles. The number of aryl methyl sites for hydroxylation is 3. The van der Waals surface area contributed by atoms with Crippen LogP contribution in [0.4, 0.5) is 5.95 Å². The van der Waals surface area contributed by atoms with Crippen molar-refractivity contribution in [2.24, 2.45) is 0 Å². The molecule has 0 saturated carbocycles. The minimum atomic E-state index is -0.728. The molecule has 0 radical (unpaired) electrons. The van der Waals surface area contributed by atoms with Gasteiger partial charge in [-0.15, -0.1) is 11.3 Å². The molecule has 0 saturated heterocycles. The van der Waals surface area contributed by atoms with Crippen molar-refractivity contribution in [1.82, 2.24) is 15.0 Å². The smallest absolute Gasteiger partial charge is 0.303 e. The maximum absolute atomic E-state index is 11.8. The molecular formula is C18H22N4O3S. The van der Waals surface area contributed by atoms with Crippen LogP contribution in [-0.2, 0) is 24.1 Å². The molecule has 5 N–H and O–H groups in total. The van der Waals surface area contributed by atoms with Gasteiger partial charge in [-0.3, -0.25) is 14.6 Å². The zero-order valence-electron chi connectivity index (χ0n) is 14.4. The molecule has 8 heteroatoms. The molecule has 0 unspecified atom stereocenters. The van der Waals surface area contributed by atoms with Gasteiger partial charge in [0, 0.05) is 21.9 Å². The lowest BCUT2D eigenvalue weighted by atomic mass is 10.1. The van der Waals surface area contributed by atoms with Gasteiger partial charge in [0.1, 0.15) is 5.65 Å². The monoisotopic (exact) mass is 374 g/mol. The highest BCUT2D eigenvalue weighted by Gasteiger charge is 2.07. The summed E-state index contributed by atoms with van der Waals surface area (Å²) in [5, 5.41) is 9.19. The van der Waals surface area contributed by atoms with Gasteiger partial charge in [-0.2, -0.15) is 4.98 Å². The second-order valence-corrected chi connectivity index (χ2v) is 7.58. The van der Waals surface area contributed by atoms with Crippen LogP contribution in [0, 0.1) is 0 Å². The number of H-pyrrole nitrogens is 2. The summed E-state index contributed by atoms with van der Waals surface area (Å²) in [6, 6.07) is 6.12. The Bertz CT molecular complexity index is 957. The van der Waals surface area contributed by atoms with Gasteiger partial charge >= 0.3 is 5.97 Å². The summed E-state index contributed by atoms with van der Waals surface area (Å²) in [6.45, 7) is 0. The van der Waals surface area contributed by atoms with Crippen LogP contribution in [0.15, 0.2) is 23.0 Å². The third-order valence-corrected chi connectivity index (χ3v) is 5.43. The summed E-state index contributed by atoms with van der Waals surface area (Å²) in [5.74, 6) is -0.612. The number of aliphatic carboxylic acids is 1. The van der Waals surface area contributed by atoms with E-state index in [2.05, 4.69) is 27.1 Å². The normalized spacial score (nSPS) is 11.2. The van der Waals surface area contributed by atoms with Crippen molar-refractivity contribution in [3.63, 3.8) is 0 Å². The molecule has 3 heterocycles. The van der Waals surface area contributed by atoms with E-state index in [4.69, 9.17) is 10.8 Å². The third-order valence-electron chi connectivity index (χ3n) is 4.22. The van der Waals surface area contributed by atoms with Gasteiger partial charge in [-0.1, -0.05) is 0 Å². The fourth-order valence-electron chi connectivity index (χ4n) is 2.95. The fraction of sp³-hybridized carbons (Fsp3) is 0.389. The fourth-order valence-corrected chi connectivity index (χ4v) is 4.05. The number of nitrogens with two attached hydrogens (primary N) is 1. The highest BCUT2D eigenvalue weighted by Crippen LogP contribution is 2.21. The van der Waals surface area contributed by atoms with E-state index in [-0.39, 0.29) is 17.9 Å². The lowest BCUT2D eigenvalue weighted by molar-refractivity contribution is -0.137. The van der Waals surface area contributed by atoms with Crippen LogP contribution < -0.4 is 11.3 Å².